The molecule has 1 rings (SSSR count). The molecule has 1 aliphatic rings. The summed E-state index contributed by atoms with van der Waals surface area (Å²) >= 11 is 0. The summed E-state index contributed by atoms with van der Waals surface area (Å²) in [7, 11) is 0. The molecule has 0 saturated carbocycles. The van der Waals surface area contributed by atoms with Gasteiger partial charge in [0.2, 0.25) is 0 Å². The van der Waals surface area contributed by atoms with Gasteiger partial charge >= 0.3 is 0 Å². The second-order valence-corrected chi connectivity index (χ2v) is 6.15. The van der Waals surface area contributed by atoms with E-state index in [0.29, 0.717) is 5.78 Å². The molecule has 0 spiro atoms. The van der Waals surface area contributed by atoms with Crippen molar-refractivity contribution in [3.63, 3.8) is 0 Å². The summed E-state index contributed by atoms with van der Waals surface area (Å²) in [6.07, 6.45) is 4.50. The molecule has 17 heavy (non-hydrogen) atoms. The maximum absolute atomic E-state index is 11.5. The number of hydrogen-bond donors (Lipinski definition) is 0. The standard InChI is InChI=1S/C15H29NO/c1-12(2)14-7-10-16(11-8-14)9-5-6-15(17)13(3)4/h12-14H,5-11H2,1-4H3. The van der Waals surface area contributed by atoms with E-state index < -0.39 is 0 Å². The Hall–Kier alpha value is -0.370. The maximum Gasteiger partial charge on any atom is 0.135 e. The molecule has 0 unspecified atom stereocenters. The molecule has 2 nitrogen and oxygen atoms in total. The minimum Gasteiger partial charge on any atom is -0.303 e. The Kier molecular flexibility index (Phi) is 6.18. The lowest BCUT2D eigenvalue weighted by Crippen LogP contribution is -2.36. The Balaban J connectivity index is 2.12. The fraction of sp³-hybridized carbons (Fsp3) is 0.933. The van der Waals surface area contributed by atoms with Crippen LogP contribution in [0.15, 0.2) is 0 Å². The van der Waals surface area contributed by atoms with Gasteiger partial charge in [-0.1, -0.05) is 27.7 Å². The van der Waals surface area contributed by atoms with E-state index in [9.17, 15) is 4.79 Å². The van der Waals surface area contributed by atoms with Crippen LogP contribution in [0, 0.1) is 17.8 Å². The van der Waals surface area contributed by atoms with Crippen molar-refractivity contribution in [2.75, 3.05) is 19.6 Å². The first-order valence-corrected chi connectivity index (χ1v) is 7.25. The van der Waals surface area contributed by atoms with Crippen LogP contribution < -0.4 is 0 Å². The number of likely N-dealkylation sites (tertiary alicyclic amines) is 1. The highest BCUT2D eigenvalue weighted by atomic mass is 16.1. The van der Waals surface area contributed by atoms with Crippen LogP contribution in [0.1, 0.15) is 53.4 Å². The molecule has 0 bridgehead atoms. The zero-order chi connectivity index (χ0) is 12.8. The predicted molar refractivity (Wildman–Crippen MR) is 73.1 cm³/mol. The van der Waals surface area contributed by atoms with Crippen molar-refractivity contribution in [1.82, 2.24) is 4.90 Å². The van der Waals surface area contributed by atoms with Gasteiger partial charge in [0.1, 0.15) is 5.78 Å². The largest absolute Gasteiger partial charge is 0.303 e. The summed E-state index contributed by atoms with van der Waals surface area (Å²) in [5.74, 6) is 2.38. The summed E-state index contributed by atoms with van der Waals surface area (Å²) < 4.78 is 0. The summed E-state index contributed by atoms with van der Waals surface area (Å²) in [6.45, 7) is 12.2. The van der Waals surface area contributed by atoms with Crippen LogP contribution in [0.4, 0.5) is 0 Å². The van der Waals surface area contributed by atoms with Gasteiger partial charge in [-0.2, -0.15) is 0 Å². The Morgan fingerprint density at radius 3 is 2.24 bits per heavy atom. The normalized spacial score (nSPS) is 19.2. The van der Waals surface area contributed by atoms with E-state index in [1.807, 2.05) is 13.8 Å². The second kappa shape index (κ2) is 7.15. The molecule has 2 heteroatoms. The zero-order valence-corrected chi connectivity index (χ0v) is 12.0. The first-order valence-electron chi connectivity index (χ1n) is 7.25. The Labute approximate surface area is 107 Å². The number of Topliss-reactive ketones (excluding diaryl/α,β-unsaturated/α-hetero) is 1. The van der Waals surface area contributed by atoms with Gasteiger partial charge in [-0.3, -0.25) is 4.79 Å². The summed E-state index contributed by atoms with van der Waals surface area (Å²) in [5, 5.41) is 0. The van der Waals surface area contributed by atoms with Gasteiger partial charge in [0.15, 0.2) is 0 Å². The smallest absolute Gasteiger partial charge is 0.135 e. The van der Waals surface area contributed by atoms with Crippen LogP contribution in [0.5, 0.6) is 0 Å². The molecule has 1 aliphatic heterocycles. The maximum atomic E-state index is 11.5. The van der Waals surface area contributed by atoms with Crippen LogP contribution in [-0.2, 0) is 4.79 Å². The molecule has 0 N–H and O–H groups in total. The Bertz CT molecular complexity index is 227. The van der Waals surface area contributed by atoms with Crippen molar-refractivity contribution in [2.24, 2.45) is 17.8 Å². The lowest BCUT2D eigenvalue weighted by Gasteiger charge is -2.33. The zero-order valence-electron chi connectivity index (χ0n) is 12.0. The number of carbonyl (C=O) groups excluding carboxylic acids is 1. The highest BCUT2D eigenvalue weighted by molar-refractivity contribution is 5.80. The number of hydrogen-bond acceptors (Lipinski definition) is 2. The molecule has 0 amide bonds. The molecule has 1 saturated heterocycles. The lowest BCUT2D eigenvalue weighted by molar-refractivity contribution is -0.122. The molecule has 0 aromatic rings. The second-order valence-electron chi connectivity index (χ2n) is 6.15. The van der Waals surface area contributed by atoms with Crippen molar-refractivity contribution < 1.29 is 4.79 Å². The van der Waals surface area contributed by atoms with Gasteiger partial charge in [0, 0.05) is 12.3 Å². The fourth-order valence-corrected chi connectivity index (χ4v) is 2.61. The average Bonchev–Trinajstić information content (AvgIpc) is 2.29. The van der Waals surface area contributed by atoms with E-state index in [2.05, 4.69) is 18.7 Å². The van der Waals surface area contributed by atoms with Crippen LogP contribution in [0.3, 0.4) is 0 Å². The first kappa shape index (κ1) is 14.7. The summed E-state index contributed by atoms with van der Waals surface area (Å²) in [5.41, 5.74) is 0. The highest BCUT2D eigenvalue weighted by Gasteiger charge is 2.21. The quantitative estimate of drug-likeness (QED) is 0.708. The van der Waals surface area contributed by atoms with Crippen molar-refractivity contribution in [1.29, 1.82) is 0 Å². The van der Waals surface area contributed by atoms with E-state index in [1.165, 1.54) is 25.9 Å². The molecule has 0 aliphatic carbocycles. The SMILES string of the molecule is CC(C)C(=O)CCCN1CCC(C(C)C)CC1. The van der Waals surface area contributed by atoms with E-state index >= 15 is 0 Å². The topological polar surface area (TPSA) is 20.3 Å². The van der Waals surface area contributed by atoms with Crippen LogP contribution in [0.2, 0.25) is 0 Å². The number of piperidine rings is 1. The summed E-state index contributed by atoms with van der Waals surface area (Å²) in [6, 6.07) is 0. The van der Waals surface area contributed by atoms with Crippen molar-refractivity contribution in [3.05, 3.63) is 0 Å². The fourth-order valence-electron chi connectivity index (χ4n) is 2.61. The van der Waals surface area contributed by atoms with Crippen LogP contribution >= 0.6 is 0 Å². The first-order chi connectivity index (χ1) is 8.00. The van der Waals surface area contributed by atoms with Gasteiger partial charge in [0.25, 0.3) is 0 Å². The average molecular weight is 239 g/mol. The number of rotatable bonds is 6. The molecule has 1 fully saturated rings. The van der Waals surface area contributed by atoms with E-state index in [1.54, 1.807) is 0 Å². The summed E-state index contributed by atoms with van der Waals surface area (Å²) in [4.78, 5) is 14.0. The van der Waals surface area contributed by atoms with Gasteiger partial charge in [0.05, 0.1) is 0 Å². The number of carbonyl (C=O) groups is 1. The van der Waals surface area contributed by atoms with Gasteiger partial charge in [-0.25, -0.2) is 0 Å². The minimum absolute atomic E-state index is 0.210. The molecule has 1 heterocycles. The van der Waals surface area contributed by atoms with E-state index in [4.69, 9.17) is 0 Å². The van der Waals surface area contributed by atoms with Gasteiger partial charge in [-0.15, -0.1) is 0 Å². The predicted octanol–water partition coefficient (Wildman–Crippen LogP) is 3.36. The number of ketones is 1. The van der Waals surface area contributed by atoms with Gasteiger partial charge < -0.3 is 4.90 Å². The molecule has 100 valence electrons. The van der Waals surface area contributed by atoms with Gasteiger partial charge in [-0.05, 0) is 50.7 Å². The van der Waals surface area contributed by atoms with Crippen molar-refractivity contribution >= 4 is 5.78 Å². The minimum atomic E-state index is 0.210. The third-order valence-corrected chi connectivity index (χ3v) is 4.12. The monoisotopic (exact) mass is 239 g/mol. The Morgan fingerprint density at radius 2 is 1.76 bits per heavy atom. The van der Waals surface area contributed by atoms with Crippen molar-refractivity contribution in [3.8, 4) is 0 Å². The van der Waals surface area contributed by atoms with E-state index in [-0.39, 0.29) is 5.92 Å². The lowest BCUT2D eigenvalue weighted by atomic mass is 9.86. The van der Waals surface area contributed by atoms with Crippen molar-refractivity contribution in [2.45, 2.75) is 53.4 Å². The molecular formula is C15H29NO. The van der Waals surface area contributed by atoms with Crippen LogP contribution in [0.25, 0.3) is 0 Å². The third-order valence-electron chi connectivity index (χ3n) is 4.12. The molecule has 0 radical (unpaired) electrons. The molecule has 0 aromatic heterocycles. The Morgan fingerprint density at radius 1 is 1.18 bits per heavy atom. The number of nitrogens with zero attached hydrogens (tertiary/aromatic N) is 1. The molecule has 0 atom stereocenters. The van der Waals surface area contributed by atoms with E-state index in [0.717, 1.165) is 31.2 Å². The molecular weight excluding hydrogens is 210 g/mol. The highest BCUT2D eigenvalue weighted by Crippen LogP contribution is 2.24. The van der Waals surface area contributed by atoms with Crippen LogP contribution in [-0.4, -0.2) is 30.3 Å². The third kappa shape index (κ3) is 5.20. The molecule has 0 aromatic carbocycles.